The van der Waals surface area contributed by atoms with Crippen LogP contribution in [0.4, 0.5) is 5.82 Å². The van der Waals surface area contributed by atoms with Crippen molar-refractivity contribution in [2.24, 2.45) is 57.7 Å². The molecule has 32 heteroatoms. The Morgan fingerprint density at radius 3 is 2.30 bits per heavy atom. The number of nitrogens with zero attached hydrogens (tertiary/aromatic N) is 4. The highest BCUT2D eigenvalue weighted by atomic mass is 32.2. The average Bonchev–Trinajstić information content (AvgIpc) is 1.99. The minimum atomic E-state index is -5.61. The Bertz CT molecular complexity index is 2760. The molecule has 2 aliphatic heterocycles. The molecule has 8 rings (SSSR count). The summed E-state index contributed by atoms with van der Waals surface area (Å²) in [5.41, 5.74) is 4.51. The van der Waals surface area contributed by atoms with Crippen LogP contribution in [0.5, 0.6) is 0 Å². The normalized spacial score (nSPS) is 34.4. The van der Waals surface area contributed by atoms with E-state index in [0.29, 0.717) is 49.2 Å². The number of carbonyl (C=O) groups is 3. The summed E-state index contributed by atoms with van der Waals surface area (Å²) >= 11 is 1.06. The van der Waals surface area contributed by atoms with Gasteiger partial charge in [0.05, 0.1) is 50.9 Å². The lowest BCUT2D eigenvalue weighted by molar-refractivity contribution is -0.197. The Hall–Kier alpha value is -2.60. The van der Waals surface area contributed by atoms with Gasteiger partial charge in [0, 0.05) is 37.1 Å². The summed E-state index contributed by atoms with van der Waals surface area (Å²) in [7, 11) is -16.5. The maximum Gasteiger partial charge on any atom is 0.481 e. The predicted molar refractivity (Wildman–Crippen MR) is 292 cm³/mol. The molecule has 82 heavy (non-hydrogen) atoms. The largest absolute Gasteiger partial charge is 0.481 e. The molecule has 4 aliphatic carbocycles. The van der Waals surface area contributed by atoms with E-state index in [-0.39, 0.29) is 76.3 Å². The molecule has 4 heterocycles. The fourth-order valence-electron chi connectivity index (χ4n) is 14.5. The van der Waals surface area contributed by atoms with E-state index in [1.165, 1.54) is 13.8 Å². The van der Waals surface area contributed by atoms with Crippen LogP contribution in [0, 0.1) is 57.7 Å². The number of hydrogen-bond acceptors (Lipinski definition) is 22. The highest BCUT2D eigenvalue weighted by Crippen LogP contribution is 2.69. The number of fused-ring (bicyclic) bond motifs is 6. The number of aliphatic hydroxyl groups excluding tert-OH is 4. The number of phosphoric acid groups is 3. The van der Waals surface area contributed by atoms with Gasteiger partial charge < -0.3 is 70.6 Å². The Kier molecular flexibility index (Phi) is 20.4. The van der Waals surface area contributed by atoms with E-state index >= 15 is 0 Å². The molecule has 0 spiro atoms. The first-order valence-electron chi connectivity index (χ1n) is 28.0. The monoisotopic (exact) mass is 1240 g/mol. The van der Waals surface area contributed by atoms with E-state index in [1.807, 2.05) is 6.92 Å². The zero-order valence-corrected chi connectivity index (χ0v) is 50.5. The summed E-state index contributed by atoms with van der Waals surface area (Å²) in [5.74, 6) is -0.567. The van der Waals surface area contributed by atoms with E-state index in [9.17, 15) is 68.1 Å². The number of amides is 2. The summed E-state index contributed by atoms with van der Waals surface area (Å²) in [6.45, 7) is 10.1. The van der Waals surface area contributed by atoms with Gasteiger partial charge in [0.15, 0.2) is 28.6 Å². The second-order valence-corrected chi connectivity index (χ2v) is 29.8. The van der Waals surface area contributed by atoms with E-state index in [0.717, 1.165) is 86.8 Å². The van der Waals surface area contributed by atoms with Crippen molar-refractivity contribution in [1.82, 2.24) is 30.2 Å². The fourth-order valence-corrected chi connectivity index (χ4v) is 18.1. The number of rotatable bonds is 25. The minimum absolute atomic E-state index is 0.0251. The number of nitrogens with one attached hydrogen (secondary N) is 2. The lowest BCUT2D eigenvalue weighted by atomic mass is 9.43. The van der Waals surface area contributed by atoms with Crippen molar-refractivity contribution in [3.8, 4) is 0 Å². The van der Waals surface area contributed by atoms with Crippen molar-refractivity contribution in [3.63, 3.8) is 0 Å². The van der Waals surface area contributed by atoms with Crippen molar-refractivity contribution in [2.75, 3.05) is 51.0 Å². The Morgan fingerprint density at radius 2 is 1.60 bits per heavy atom. The van der Waals surface area contributed by atoms with Gasteiger partial charge in [-0.05, 0) is 111 Å². The van der Waals surface area contributed by atoms with E-state index in [2.05, 4.69) is 55.2 Å². The van der Waals surface area contributed by atoms with E-state index in [1.54, 1.807) is 0 Å². The average molecular weight is 1240 g/mol. The standard InChI is InChI=1S/C50H82N7O21P3S/c1-27(31-7-8-32-37-33(11-14-49(31,32)6)48(5)13-10-30(58)21-29(48)22-34(37)59)9-15-50(72-18-19-73-50)28(2)46(64)82-20-17-52-36(60)12-16-53-44(63)41(62)47(3,4)24-75-81(70,71)78-80(68,69)74-23-35-40(77-79(65,66)67)39(61)45(76-35)57-26-56-38-42(51)54-25-55-43(38)57/h25-35,37,39-41,45,58-59,61-62H,7-24H2,1-6H3,(H,52,60)(H,53,63)(H,68,69)(H,70,71)(H2,51,54,55)(H2,65,66,67)/t27-,28?,29+,30-,31-,32?,33+,34-,35-,37+,39-,40-,41?,45-,48+,49-/m1/s1. The van der Waals surface area contributed by atoms with Crippen LogP contribution in [0.1, 0.15) is 118 Å². The molecule has 0 radical (unpaired) electrons. The van der Waals surface area contributed by atoms with Crippen molar-refractivity contribution in [2.45, 2.75) is 161 Å². The first-order valence-corrected chi connectivity index (χ1v) is 33.5. The van der Waals surface area contributed by atoms with Gasteiger partial charge in [-0.3, -0.25) is 32.5 Å². The highest BCUT2D eigenvalue weighted by molar-refractivity contribution is 8.13. The Balaban J connectivity index is 0.729. The van der Waals surface area contributed by atoms with Gasteiger partial charge in [0.1, 0.15) is 36.3 Å². The van der Waals surface area contributed by atoms with Crippen LogP contribution in [0.3, 0.4) is 0 Å². The Morgan fingerprint density at radius 1 is 0.915 bits per heavy atom. The number of anilines is 1. The molecule has 28 nitrogen and oxygen atoms in total. The first-order chi connectivity index (χ1) is 38.3. The van der Waals surface area contributed by atoms with Crippen molar-refractivity contribution in [3.05, 3.63) is 12.7 Å². The summed E-state index contributed by atoms with van der Waals surface area (Å²) in [6, 6.07) is 0. The third-order valence-corrected chi connectivity index (χ3v) is 23.0. The molecule has 2 saturated heterocycles. The highest BCUT2D eigenvalue weighted by Gasteiger charge is 2.63. The minimum Gasteiger partial charge on any atom is -0.393 e. The molecule has 464 valence electrons. The van der Waals surface area contributed by atoms with Gasteiger partial charge in [-0.2, -0.15) is 4.31 Å². The molecule has 2 amide bonds. The summed E-state index contributed by atoms with van der Waals surface area (Å²) in [4.78, 5) is 90.8. The lowest BCUT2D eigenvalue weighted by Gasteiger charge is -2.62. The maximum absolute atomic E-state index is 13.6. The molecular weight excluding hydrogens is 1160 g/mol. The van der Waals surface area contributed by atoms with Gasteiger partial charge >= 0.3 is 23.5 Å². The number of hydrogen-bond donors (Lipinski definition) is 11. The molecule has 2 aromatic heterocycles. The van der Waals surface area contributed by atoms with Crippen LogP contribution in [-0.2, 0) is 60.2 Å². The summed E-state index contributed by atoms with van der Waals surface area (Å²) in [5, 5.41) is 49.0. The third-order valence-electron chi connectivity index (χ3n) is 18.9. The molecule has 0 aromatic carbocycles. The van der Waals surface area contributed by atoms with Crippen LogP contribution in [-0.4, -0.2) is 164 Å². The first kappa shape index (κ1) is 65.4. The number of phosphoric ester groups is 3. The van der Waals surface area contributed by atoms with Gasteiger partial charge in [-0.15, -0.1) is 0 Å². The number of ether oxygens (including phenoxy) is 3. The zero-order valence-electron chi connectivity index (χ0n) is 47.0. The van der Waals surface area contributed by atoms with Crippen LogP contribution < -0.4 is 16.4 Å². The second kappa shape index (κ2) is 25.6. The summed E-state index contributed by atoms with van der Waals surface area (Å²) in [6.07, 6.45) is 1.56. The molecular formula is C50H82N7O21P3S. The SMILES string of the molecule is CC(C(=O)SCCNC(=O)CCNC(=O)C(O)C(C)(C)COP(=O)(O)OP(=O)(O)OC[C@H]1O[C@@H](n2cnc3c(N)ncnc32)[C@H](O)[C@@H]1OP(=O)(O)O)C1(CC[C@@H](C)[C@H]2CCC3[C@@H]4[C@H](O)C[C@@H]5C[C@H](O)CC[C@]5(C)[C@H]4CC[C@@]32C)OCCO1. The molecule has 18 atom stereocenters. The second-order valence-electron chi connectivity index (χ2n) is 24.4. The molecule has 6 fully saturated rings. The van der Waals surface area contributed by atoms with Gasteiger partial charge in [-0.25, -0.2) is 28.6 Å². The smallest absolute Gasteiger partial charge is 0.393 e. The quantitative estimate of drug-likeness (QED) is 0.0501. The predicted octanol–water partition coefficient (Wildman–Crippen LogP) is 3.45. The zero-order chi connectivity index (χ0) is 60.0. The molecule has 0 bridgehead atoms. The maximum atomic E-state index is 13.6. The fraction of sp³-hybridized carbons (Fsp3) is 0.840. The number of nitrogen functional groups attached to an aromatic ring is 1. The van der Waals surface area contributed by atoms with Crippen molar-refractivity contribution < 1.29 is 100 Å². The Labute approximate surface area is 479 Å². The third kappa shape index (κ3) is 14.4. The molecule has 12 N–H and O–H groups in total. The molecule has 6 aliphatic rings. The van der Waals surface area contributed by atoms with Crippen LogP contribution in [0.15, 0.2) is 12.7 Å². The molecule has 2 aromatic rings. The topological polar surface area (TPSA) is 423 Å². The summed E-state index contributed by atoms with van der Waals surface area (Å²) < 4.78 is 75.4. The van der Waals surface area contributed by atoms with Gasteiger partial charge in [0.25, 0.3) is 0 Å². The van der Waals surface area contributed by atoms with Crippen LogP contribution in [0.25, 0.3) is 11.2 Å². The van der Waals surface area contributed by atoms with Crippen molar-refractivity contribution >= 4 is 69.1 Å². The van der Waals surface area contributed by atoms with Gasteiger partial charge in [0.2, 0.25) is 11.8 Å². The molecule has 4 saturated carbocycles. The van der Waals surface area contributed by atoms with Crippen LogP contribution >= 0.6 is 35.2 Å². The van der Waals surface area contributed by atoms with E-state index in [4.69, 9.17) is 29.0 Å². The van der Waals surface area contributed by atoms with Crippen molar-refractivity contribution in [1.29, 1.82) is 0 Å². The number of aliphatic hydroxyl groups is 4. The number of carbonyl (C=O) groups excluding carboxylic acids is 3. The number of imidazole rings is 1. The number of thioether (sulfide) groups is 1. The number of aromatic nitrogens is 4. The van der Waals surface area contributed by atoms with Crippen LogP contribution in [0.2, 0.25) is 0 Å². The molecule has 5 unspecified atom stereocenters. The van der Waals surface area contributed by atoms with Gasteiger partial charge in [-0.1, -0.05) is 46.4 Å². The van der Waals surface area contributed by atoms with E-state index < -0.39 is 96.3 Å². The lowest BCUT2D eigenvalue weighted by Crippen LogP contribution is -2.58. The number of nitrogens with two attached hydrogens (primary N) is 1.